The number of ether oxygens (including phenoxy) is 1. The molecule has 1 aromatic rings. The first kappa shape index (κ1) is 16.9. The van der Waals surface area contributed by atoms with Gasteiger partial charge in [0.1, 0.15) is 11.4 Å². The SMILES string of the molecule is [CH2-][NH2+]/C(=C\c1ccc(OC)cc1)[C@]1([NH2+][CH2-])C[C@@]2(O)C=CC(=O)C[C@H]21. The molecule has 0 bridgehead atoms. The molecule has 0 spiro atoms. The molecule has 0 unspecified atom stereocenters. The summed E-state index contributed by atoms with van der Waals surface area (Å²) in [6, 6.07) is 7.74. The van der Waals surface area contributed by atoms with Gasteiger partial charge in [-0.15, -0.1) is 7.05 Å². The first-order valence-electron chi connectivity index (χ1n) is 8.04. The van der Waals surface area contributed by atoms with Crippen molar-refractivity contribution < 1.29 is 25.3 Å². The van der Waals surface area contributed by atoms with Crippen LogP contribution in [-0.2, 0) is 4.79 Å². The number of benzene rings is 1. The van der Waals surface area contributed by atoms with Gasteiger partial charge in [-0.05, 0) is 29.8 Å². The number of quaternary nitrogens is 2. The van der Waals surface area contributed by atoms with Crippen molar-refractivity contribution in [3.05, 3.63) is 61.8 Å². The quantitative estimate of drug-likeness (QED) is 0.653. The van der Waals surface area contributed by atoms with E-state index < -0.39 is 11.1 Å². The lowest BCUT2D eigenvalue weighted by molar-refractivity contribution is -0.731. The van der Waals surface area contributed by atoms with Crippen molar-refractivity contribution in [2.24, 2.45) is 5.92 Å². The Hall–Kier alpha value is -1.95. The maximum absolute atomic E-state index is 11.8. The number of hydrogen-bond donors (Lipinski definition) is 3. The van der Waals surface area contributed by atoms with Crippen molar-refractivity contribution in [1.29, 1.82) is 0 Å². The standard InChI is InChI=1S/C19H24N2O3/c1-20-17(10-13-4-6-15(24-3)7-5-13)19(21-2)12-18(23)9-8-14(22)11-16(18)19/h4-10,16,23H,1-2,11-12,20-21H2,3H3/b17-10-/t16-,18+,19+/m1/s1. The summed E-state index contributed by atoms with van der Waals surface area (Å²) in [6.07, 6.45) is 6.01. The second kappa shape index (κ2) is 6.16. The number of fused-ring (bicyclic) bond motifs is 1. The number of aliphatic hydroxyl groups is 1. The zero-order chi connectivity index (χ0) is 17.4. The topological polar surface area (TPSA) is 79.8 Å². The van der Waals surface area contributed by atoms with Gasteiger partial charge in [0.25, 0.3) is 0 Å². The van der Waals surface area contributed by atoms with Gasteiger partial charge in [-0.3, -0.25) is 4.79 Å². The normalized spacial score (nSPS) is 32.2. The van der Waals surface area contributed by atoms with Crippen LogP contribution >= 0.6 is 0 Å². The average molecular weight is 328 g/mol. The Balaban J connectivity index is 1.95. The fraction of sp³-hybridized carbons (Fsp3) is 0.316. The highest BCUT2D eigenvalue weighted by Gasteiger charge is 2.67. The van der Waals surface area contributed by atoms with Crippen LogP contribution in [0.4, 0.5) is 0 Å². The maximum Gasteiger partial charge on any atom is 0.156 e. The van der Waals surface area contributed by atoms with Gasteiger partial charge in [0.15, 0.2) is 11.3 Å². The Labute approximate surface area is 142 Å². The predicted molar refractivity (Wildman–Crippen MR) is 90.1 cm³/mol. The van der Waals surface area contributed by atoms with Crippen molar-refractivity contribution in [2.45, 2.75) is 24.0 Å². The molecule has 3 atom stereocenters. The number of hydrogen-bond acceptors (Lipinski definition) is 3. The molecule has 1 aromatic carbocycles. The molecule has 3 rings (SSSR count). The lowest BCUT2D eigenvalue weighted by atomic mass is 9.51. The van der Waals surface area contributed by atoms with Crippen LogP contribution in [0, 0.1) is 20.0 Å². The third kappa shape index (κ3) is 2.59. The van der Waals surface area contributed by atoms with Crippen LogP contribution in [0.25, 0.3) is 6.08 Å². The van der Waals surface area contributed by atoms with Crippen LogP contribution in [-0.4, -0.2) is 29.1 Å². The fourth-order valence-corrected chi connectivity index (χ4v) is 3.97. The zero-order valence-electron chi connectivity index (χ0n) is 13.9. The van der Waals surface area contributed by atoms with Gasteiger partial charge in [0.2, 0.25) is 0 Å². The molecule has 0 aromatic heterocycles. The Bertz CT molecular complexity index is 695. The summed E-state index contributed by atoms with van der Waals surface area (Å²) in [7, 11) is 9.56. The van der Waals surface area contributed by atoms with Crippen molar-refractivity contribution in [2.75, 3.05) is 7.11 Å². The smallest absolute Gasteiger partial charge is 0.156 e. The number of ketones is 1. The summed E-state index contributed by atoms with van der Waals surface area (Å²) in [5.74, 6) is 0.651. The van der Waals surface area contributed by atoms with E-state index in [9.17, 15) is 9.90 Å². The molecule has 0 heterocycles. The van der Waals surface area contributed by atoms with E-state index in [1.807, 2.05) is 35.7 Å². The van der Waals surface area contributed by atoms with Crippen LogP contribution in [0.1, 0.15) is 18.4 Å². The number of allylic oxidation sites excluding steroid dienone is 1. The summed E-state index contributed by atoms with van der Waals surface area (Å²) in [4.78, 5) is 11.8. The number of carbonyl (C=O) groups is 1. The van der Waals surface area contributed by atoms with Gasteiger partial charge in [-0.1, -0.05) is 12.1 Å². The minimum Gasteiger partial charge on any atom is -0.497 e. The van der Waals surface area contributed by atoms with Crippen LogP contribution in [0.3, 0.4) is 0 Å². The number of methoxy groups -OCH3 is 1. The van der Waals surface area contributed by atoms with E-state index in [4.69, 9.17) is 4.74 Å². The van der Waals surface area contributed by atoms with Crippen molar-refractivity contribution in [3.8, 4) is 5.75 Å². The monoisotopic (exact) mass is 328 g/mol. The molecule has 0 amide bonds. The summed E-state index contributed by atoms with van der Waals surface area (Å²) in [5, 5.41) is 14.4. The molecular weight excluding hydrogens is 304 g/mol. The molecule has 0 radical (unpaired) electrons. The molecule has 128 valence electrons. The summed E-state index contributed by atoms with van der Waals surface area (Å²) < 4.78 is 5.18. The van der Waals surface area contributed by atoms with Gasteiger partial charge in [0.05, 0.1) is 18.6 Å². The molecule has 24 heavy (non-hydrogen) atoms. The number of carbonyl (C=O) groups excluding carboxylic acids is 1. The third-order valence-electron chi connectivity index (χ3n) is 5.32. The van der Waals surface area contributed by atoms with Gasteiger partial charge < -0.3 is 20.5 Å². The molecule has 5 heteroatoms. The number of rotatable bonds is 5. The first-order chi connectivity index (χ1) is 11.5. The average Bonchev–Trinajstić information content (AvgIpc) is 2.60. The molecule has 2 aliphatic carbocycles. The van der Waals surface area contributed by atoms with Crippen molar-refractivity contribution >= 4 is 11.9 Å². The summed E-state index contributed by atoms with van der Waals surface area (Å²) in [5.41, 5.74) is 0.626. The van der Waals surface area contributed by atoms with Crippen LogP contribution < -0.4 is 15.4 Å². The highest BCUT2D eigenvalue weighted by atomic mass is 16.5. The molecule has 5 nitrogen and oxygen atoms in total. The Morgan fingerprint density at radius 3 is 2.67 bits per heavy atom. The minimum absolute atomic E-state index is 0.0449. The van der Waals surface area contributed by atoms with E-state index in [0.717, 1.165) is 17.0 Å². The van der Waals surface area contributed by atoms with Gasteiger partial charge >= 0.3 is 0 Å². The Morgan fingerprint density at radius 1 is 1.38 bits per heavy atom. The minimum atomic E-state index is -0.926. The largest absolute Gasteiger partial charge is 0.497 e. The third-order valence-corrected chi connectivity index (χ3v) is 5.32. The summed E-state index contributed by atoms with van der Waals surface area (Å²) in [6.45, 7) is 0. The van der Waals surface area contributed by atoms with Gasteiger partial charge in [-0.2, -0.15) is 7.05 Å². The van der Waals surface area contributed by atoms with E-state index >= 15 is 0 Å². The van der Waals surface area contributed by atoms with E-state index in [-0.39, 0.29) is 11.7 Å². The Kier molecular flexibility index (Phi) is 4.34. The lowest BCUT2D eigenvalue weighted by Gasteiger charge is -2.58. The van der Waals surface area contributed by atoms with Gasteiger partial charge in [-0.25, -0.2) is 0 Å². The molecule has 5 N–H and O–H groups in total. The summed E-state index contributed by atoms with van der Waals surface area (Å²) >= 11 is 0. The molecule has 0 saturated heterocycles. The highest BCUT2D eigenvalue weighted by Crippen LogP contribution is 2.52. The van der Waals surface area contributed by atoms with Crippen molar-refractivity contribution in [1.82, 2.24) is 0 Å². The molecular formula is C19H24N2O3. The number of nitrogens with two attached hydrogens (primary N) is 2. The Morgan fingerprint density at radius 2 is 2.08 bits per heavy atom. The molecule has 1 saturated carbocycles. The fourth-order valence-electron chi connectivity index (χ4n) is 3.97. The van der Waals surface area contributed by atoms with Crippen molar-refractivity contribution in [3.63, 3.8) is 0 Å². The first-order valence-corrected chi connectivity index (χ1v) is 8.04. The van der Waals surface area contributed by atoms with E-state index in [0.29, 0.717) is 12.8 Å². The van der Waals surface area contributed by atoms with E-state index in [1.54, 1.807) is 18.5 Å². The van der Waals surface area contributed by atoms with E-state index in [1.165, 1.54) is 6.08 Å². The molecule has 2 aliphatic rings. The second-order valence-corrected chi connectivity index (χ2v) is 6.55. The predicted octanol–water partition coefficient (Wildman–Crippen LogP) is -0.235. The van der Waals surface area contributed by atoms with Crippen LogP contribution in [0.2, 0.25) is 0 Å². The molecule has 0 aliphatic heterocycles. The second-order valence-electron chi connectivity index (χ2n) is 6.55. The van der Waals surface area contributed by atoms with Gasteiger partial charge in [0, 0.05) is 18.9 Å². The molecule has 1 fully saturated rings. The maximum atomic E-state index is 11.8. The van der Waals surface area contributed by atoms with Crippen LogP contribution in [0.5, 0.6) is 5.75 Å². The van der Waals surface area contributed by atoms with E-state index in [2.05, 4.69) is 14.1 Å². The highest BCUT2D eigenvalue weighted by molar-refractivity contribution is 5.91. The van der Waals surface area contributed by atoms with Crippen LogP contribution in [0.15, 0.2) is 42.1 Å². The zero-order valence-corrected chi connectivity index (χ0v) is 13.9. The lowest BCUT2D eigenvalue weighted by Crippen LogP contribution is -3.05.